The quantitative estimate of drug-likeness (QED) is 0.272. The second kappa shape index (κ2) is 9.79. The van der Waals surface area contributed by atoms with Gasteiger partial charge in [0.05, 0.1) is 33.7 Å². The minimum atomic E-state index is -6.11. The first-order valence-corrected chi connectivity index (χ1v) is 11.4. The van der Waals surface area contributed by atoms with Crippen molar-refractivity contribution in [3.8, 4) is 11.4 Å². The van der Waals surface area contributed by atoms with Crippen molar-refractivity contribution in [1.82, 2.24) is 9.55 Å². The fourth-order valence-electron chi connectivity index (χ4n) is 3.94. The van der Waals surface area contributed by atoms with Gasteiger partial charge in [-0.1, -0.05) is 59.6 Å². The molecule has 13 heteroatoms. The average Bonchev–Trinajstić information content (AvgIpc) is 2.83. The van der Waals surface area contributed by atoms with Crippen LogP contribution in [0.15, 0.2) is 65.5 Å². The Balaban J connectivity index is 1.99. The Labute approximate surface area is 220 Å². The van der Waals surface area contributed by atoms with Gasteiger partial charge in [-0.05, 0) is 23.8 Å². The van der Waals surface area contributed by atoms with Crippen LogP contribution in [0.1, 0.15) is 17.0 Å². The number of hydrogen-bond donors (Lipinski definition) is 1. The van der Waals surface area contributed by atoms with Crippen molar-refractivity contribution in [1.29, 1.82) is 0 Å². The molecule has 0 fully saturated rings. The van der Waals surface area contributed by atoms with E-state index in [1.54, 1.807) is 30.3 Å². The van der Waals surface area contributed by atoms with Crippen LogP contribution in [-0.2, 0) is 12.0 Å². The third-order valence-electron chi connectivity index (χ3n) is 5.84. The highest BCUT2D eigenvalue weighted by Gasteiger charge is 2.71. The first-order chi connectivity index (χ1) is 17.7. The first kappa shape index (κ1) is 27.7. The molecular weight excluding hydrogens is 561 g/mol. The summed E-state index contributed by atoms with van der Waals surface area (Å²) in [6.07, 6.45) is -12.2. The number of benzene rings is 3. The summed E-state index contributed by atoms with van der Waals surface area (Å²) in [6.45, 7) is 0. The zero-order valence-electron chi connectivity index (χ0n) is 19.2. The number of hydrogen-bond acceptors (Lipinski definition) is 4. The van der Waals surface area contributed by atoms with Gasteiger partial charge in [0, 0.05) is 18.1 Å². The van der Waals surface area contributed by atoms with Gasteiger partial charge >= 0.3 is 12.4 Å². The minimum absolute atomic E-state index is 0.00478. The second-order valence-corrected chi connectivity index (χ2v) is 9.02. The number of methoxy groups -OCH3 is 1. The van der Waals surface area contributed by atoms with E-state index in [1.807, 2.05) is 0 Å². The van der Waals surface area contributed by atoms with Crippen molar-refractivity contribution in [2.24, 2.45) is 0 Å². The molecule has 4 rings (SSSR count). The lowest BCUT2D eigenvalue weighted by Gasteiger charge is -2.33. The van der Waals surface area contributed by atoms with Gasteiger partial charge in [0.25, 0.3) is 11.2 Å². The molecule has 5 nitrogen and oxygen atoms in total. The third-order valence-corrected chi connectivity index (χ3v) is 6.44. The summed E-state index contributed by atoms with van der Waals surface area (Å²) >= 11 is 12.3. The topological polar surface area (TPSA) is 64.3 Å². The summed E-state index contributed by atoms with van der Waals surface area (Å²) in [5.41, 5.74) is -6.85. The molecule has 0 aliphatic carbocycles. The molecule has 0 atom stereocenters. The number of ether oxygens (including phenoxy) is 1. The van der Waals surface area contributed by atoms with Crippen LogP contribution in [0.2, 0.25) is 10.0 Å². The van der Waals surface area contributed by atoms with Gasteiger partial charge < -0.3 is 9.84 Å². The molecule has 0 spiro atoms. The monoisotopic (exact) mass is 576 g/mol. The molecule has 200 valence electrons. The maximum atomic E-state index is 13.6. The van der Waals surface area contributed by atoms with Crippen LogP contribution in [0.25, 0.3) is 16.6 Å². The van der Waals surface area contributed by atoms with E-state index < -0.39 is 34.1 Å². The molecule has 3 aromatic carbocycles. The fraction of sp³-hybridized carbons (Fsp3) is 0.200. The summed E-state index contributed by atoms with van der Waals surface area (Å²) in [5.74, 6) is 0.310. The largest absolute Gasteiger partial charge is 0.495 e. The van der Waals surface area contributed by atoms with Crippen LogP contribution in [0.3, 0.4) is 0 Å². The van der Waals surface area contributed by atoms with Crippen LogP contribution in [0.5, 0.6) is 5.75 Å². The predicted molar refractivity (Wildman–Crippen MR) is 129 cm³/mol. The van der Waals surface area contributed by atoms with Crippen LogP contribution < -0.4 is 10.3 Å². The number of nitrogens with zero attached hydrogens (tertiary/aromatic N) is 2. The predicted octanol–water partition coefficient (Wildman–Crippen LogP) is 6.60. The number of aliphatic hydroxyl groups is 1. The lowest BCUT2D eigenvalue weighted by Crippen LogP contribution is -2.53. The Morgan fingerprint density at radius 3 is 2.11 bits per heavy atom. The van der Waals surface area contributed by atoms with Gasteiger partial charge in [0.1, 0.15) is 11.6 Å². The molecule has 1 aromatic heterocycles. The maximum Gasteiger partial charge on any atom is 0.430 e. The van der Waals surface area contributed by atoms with Crippen molar-refractivity contribution in [2.75, 3.05) is 7.11 Å². The highest BCUT2D eigenvalue weighted by molar-refractivity contribution is 6.33. The summed E-state index contributed by atoms with van der Waals surface area (Å²) < 4.78 is 86.5. The zero-order valence-corrected chi connectivity index (χ0v) is 20.7. The van der Waals surface area contributed by atoms with Gasteiger partial charge in [-0.15, -0.1) is 0 Å². The summed E-state index contributed by atoms with van der Waals surface area (Å²) in [6, 6.07) is 12.9. The van der Waals surface area contributed by atoms with E-state index in [1.165, 1.54) is 19.2 Å². The number of fused-ring (bicyclic) bond motifs is 1. The highest BCUT2D eigenvalue weighted by atomic mass is 35.5. The molecule has 0 aliphatic rings. The van der Waals surface area contributed by atoms with Crippen molar-refractivity contribution in [3.05, 3.63) is 98.0 Å². The van der Waals surface area contributed by atoms with E-state index in [0.717, 1.165) is 10.6 Å². The van der Waals surface area contributed by atoms with Crippen molar-refractivity contribution < 1.29 is 36.2 Å². The molecule has 0 amide bonds. The van der Waals surface area contributed by atoms with Crippen LogP contribution in [0.4, 0.5) is 26.3 Å². The summed E-state index contributed by atoms with van der Waals surface area (Å²) in [5, 5.41) is 9.16. The number of halogens is 8. The first-order valence-electron chi connectivity index (χ1n) is 10.7. The number of rotatable bonds is 5. The lowest BCUT2D eigenvalue weighted by molar-refractivity contribution is -0.376. The molecule has 38 heavy (non-hydrogen) atoms. The Morgan fingerprint density at radius 1 is 0.921 bits per heavy atom. The van der Waals surface area contributed by atoms with E-state index in [9.17, 15) is 36.2 Å². The van der Waals surface area contributed by atoms with Gasteiger partial charge in [-0.25, -0.2) is 4.98 Å². The molecule has 1 heterocycles. The number of aromatic nitrogens is 2. The Kier molecular flexibility index (Phi) is 7.15. The lowest BCUT2D eigenvalue weighted by atomic mass is 9.92. The minimum Gasteiger partial charge on any atom is -0.495 e. The van der Waals surface area contributed by atoms with Crippen molar-refractivity contribution in [3.63, 3.8) is 0 Å². The molecule has 0 saturated carbocycles. The normalized spacial score (nSPS) is 12.7. The third kappa shape index (κ3) is 4.70. The molecule has 0 aliphatic heterocycles. The van der Waals surface area contributed by atoms with Crippen molar-refractivity contribution >= 4 is 34.1 Å². The average molecular weight is 577 g/mol. The van der Waals surface area contributed by atoms with Gasteiger partial charge in [-0.2, -0.15) is 26.3 Å². The van der Waals surface area contributed by atoms with E-state index in [0.29, 0.717) is 17.7 Å². The highest BCUT2D eigenvalue weighted by Crippen LogP contribution is 2.50. The zero-order chi connectivity index (χ0) is 28.0. The molecule has 0 radical (unpaired) electrons. The van der Waals surface area contributed by atoms with E-state index in [4.69, 9.17) is 27.9 Å². The van der Waals surface area contributed by atoms with Gasteiger partial charge in [0.15, 0.2) is 0 Å². The standard InChI is InChI=1S/C25H16Cl2F6N2O3/c1-38-20-12-18-15(11-17(20)27)22(36)35(21(34-18)9-13-5-3-2-4-6-13)19-8-7-14(10-16(19)26)23(37,24(28,29)30)25(31,32)33/h2-8,10-12,37H,9H2,1H3. The fourth-order valence-corrected chi connectivity index (χ4v) is 4.44. The van der Waals surface area contributed by atoms with Crippen LogP contribution in [0, 0.1) is 0 Å². The second-order valence-electron chi connectivity index (χ2n) is 8.21. The molecule has 1 N–H and O–H groups in total. The summed E-state index contributed by atoms with van der Waals surface area (Å²) in [4.78, 5) is 18.1. The van der Waals surface area contributed by atoms with Crippen LogP contribution in [-0.4, -0.2) is 34.1 Å². The Hall–Kier alpha value is -3.28. The SMILES string of the molecule is COc1cc2nc(Cc3ccccc3)n(-c3ccc(C(O)(C(F)(F)F)C(F)(F)F)cc3Cl)c(=O)c2cc1Cl. The molecule has 0 bridgehead atoms. The van der Waals surface area contributed by atoms with Crippen LogP contribution >= 0.6 is 23.2 Å². The van der Waals surface area contributed by atoms with Crippen molar-refractivity contribution in [2.45, 2.75) is 24.4 Å². The van der Waals surface area contributed by atoms with E-state index in [-0.39, 0.29) is 39.6 Å². The Bertz CT molecular complexity index is 1560. The number of alkyl halides is 6. The maximum absolute atomic E-state index is 13.6. The van der Waals surface area contributed by atoms with E-state index >= 15 is 0 Å². The molecule has 4 aromatic rings. The van der Waals surface area contributed by atoms with Gasteiger partial charge in [0.2, 0.25) is 0 Å². The summed E-state index contributed by atoms with van der Waals surface area (Å²) in [7, 11) is 1.36. The van der Waals surface area contributed by atoms with E-state index in [2.05, 4.69) is 4.98 Å². The molecule has 0 unspecified atom stereocenters. The molecule has 0 saturated heterocycles. The molecular formula is C25H16Cl2F6N2O3. The Morgan fingerprint density at radius 2 is 1.55 bits per heavy atom. The van der Waals surface area contributed by atoms with Gasteiger partial charge in [-0.3, -0.25) is 9.36 Å². The smallest absolute Gasteiger partial charge is 0.430 e.